The van der Waals surface area contributed by atoms with Crippen LogP contribution in [0.5, 0.6) is 5.75 Å². The lowest BCUT2D eigenvalue weighted by atomic mass is 9.98. The Morgan fingerprint density at radius 2 is 2.06 bits per heavy atom. The predicted molar refractivity (Wildman–Crippen MR) is 126 cm³/mol. The highest BCUT2D eigenvalue weighted by molar-refractivity contribution is 7.10. The summed E-state index contributed by atoms with van der Waals surface area (Å²) in [5.74, 6) is 2.51. The highest BCUT2D eigenvalue weighted by Gasteiger charge is 2.26. The first kappa shape index (κ1) is 21.7. The molecule has 1 N–H and O–H groups in total. The Hall–Kier alpha value is -2.54. The van der Waals surface area contributed by atoms with Crippen molar-refractivity contribution in [2.75, 3.05) is 39.8 Å². The van der Waals surface area contributed by atoms with Gasteiger partial charge in [0.05, 0.1) is 13.7 Å². The van der Waals surface area contributed by atoms with Crippen LogP contribution in [-0.4, -0.2) is 61.5 Å². The molecule has 1 aromatic carbocycles. The van der Waals surface area contributed by atoms with Crippen LogP contribution in [0.1, 0.15) is 41.7 Å². The molecule has 0 spiro atoms. The van der Waals surface area contributed by atoms with Crippen molar-refractivity contribution in [1.82, 2.24) is 15.1 Å². The average Bonchev–Trinajstić information content (AvgIpc) is 3.48. The molecule has 0 radical (unpaired) electrons. The minimum Gasteiger partial charge on any atom is -0.497 e. The first-order valence-corrected chi connectivity index (χ1v) is 12.1. The Balaban J connectivity index is 1.31. The summed E-state index contributed by atoms with van der Waals surface area (Å²) in [7, 11) is 1.70. The van der Waals surface area contributed by atoms with E-state index in [1.165, 1.54) is 16.0 Å². The molecule has 2 aliphatic rings. The molecule has 1 saturated heterocycles. The van der Waals surface area contributed by atoms with Crippen LogP contribution in [0, 0.1) is 0 Å². The van der Waals surface area contributed by atoms with Crippen molar-refractivity contribution in [3.8, 4) is 5.75 Å². The van der Waals surface area contributed by atoms with Gasteiger partial charge in [-0.15, -0.1) is 11.3 Å². The summed E-state index contributed by atoms with van der Waals surface area (Å²) in [6.07, 6.45) is 2.54. The summed E-state index contributed by atoms with van der Waals surface area (Å²) in [6.45, 7) is 6.93. The largest absolute Gasteiger partial charge is 0.497 e. The van der Waals surface area contributed by atoms with Crippen LogP contribution in [0.3, 0.4) is 0 Å². The van der Waals surface area contributed by atoms with E-state index in [1.807, 2.05) is 17.0 Å². The molecule has 1 unspecified atom stereocenters. The Bertz CT molecular complexity index is 909. The highest BCUT2D eigenvalue weighted by Crippen LogP contribution is 2.28. The highest BCUT2D eigenvalue weighted by atomic mass is 32.1. The second-order valence-electron chi connectivity index (χ2n) is 8.12. The number of rotatable bonds is 6. The minimum atomic E-state index is 0.203. The third-order valence-electron chi connectivity index (χ3n) is 6.16. The molecule has 7 heteroatoms. The fourth-order valence-electron chi connectivity index (χ4n) is 4.40. The molecule has 0 bridgehead atoms. The number of carbonyl (C=O) groups is 1. The number of guanidine groups is 1. The van der Waals surface area contributed by atoms with Gasteiger partial charge in [0.25, 0.3) is 0 Å². The number of likely N-dealkylation sites (tertiary alicyclic amines) is 1. The normalized spacial score (nSPS) is 18.8. The van der Waals surface area contributed by atoms with Crippen molar-refractivity contribution in [3.63, 3.8) is 0 Å². The van der Waals surface area contributed by atoms with E-state index in [0.717, 1.165) is 57.3 Å². The van der Waals surface area contributed by atoms with E-state index in [4.69, 9.17) is 9.73 Å². The van der Waals surface area contributed by atoms with Gasteiger partial charge in [0, 0.05) is 49.9 Å². The lowest BCUT2D eigenvalue weighted by Gasteiger charge is -2.27. The van der Waals surface area contributed by atoms with Gasteiger partial charge in [-0.1, -0.05) is 12.1 Å². The van der Waals surface area contributed by atoms with Crippen molar-refractivity contribution < 1.29 is 9.53 Å². The monoisotopic (exact) mass is 440 g/mol. The topological polar surface area (TPSA) is 57.2 Å². The third kappa shape index (κ3) is 5.21. The molecule has 31 heavy (non-hydrogen) atoms. The molecule has 4 rings (SSSR count). The molecular formula is C24H32N4O2S. The van der Waals surface area contributed by atoms with Crippen LogP contribution in [0.25, 0.3) is 0 Å². The Labute approximate surface area is 188 Å². The van der Waals surface area contributed by atoms with E-state index in [-0.39, 0.29) is 5.91 Å². The molecule has 1 atom stereocenters. The molecule has 166 valence electrons. The Morgan fingerprint density at radius 1 is 1.23 bits per heavy atom. The van der Waals surface area contributed by atoms with Gasteiger partial charge in [0.1, 0.15) is 5.75 Å². The number of amides is 1. The standard InChI is InChI=1S/C24H32N4O2S/c1-3-25-24(28-13-9-19(16-28)18-4-6-21(30-2)7-5-18)26-12-8-23(29)27-14-10-22-20(17-27)11-15-31-22/h4-7,11,15,19H,3,8-10,12-14,16-17H2,1-2H3,(H,25,26). The zero-order chi connectivity index (χ0) is 21.6. The van der Waals surface area contributed by atoms with Crippen molar-refractivity contribution in [3.05, 3.63) is 51.7 Å². The summed E-state index contributed by atoms with van der Waals surface area (Å²) in [6, 6.07) is 10.5. The summed E-state index contributed by atoms with van der Waals surface area (Å²) < 4.78 is 5.27. The molecule has 1 aromatic heterocycles. The summed E-state index contributed by atoms with van der Waals surface area (Å²) in [4.78, 5) is 23.2. The number of hydrogen-bond acceptors (Lipinski definition) is 4. The molecule has 6 nitrogen and oxygen atoms in total. The van der Waals surface area contributed by atoms with E-state index in [1.54, 1.807) is 18.4 Å². The van der Waals surface area contributed by atoms with Crippen molar-refractivity contribution in [2.45, 2.75) is 38.6 Å². The number of methoxy groups -OCH3 is 1. The Kier molecular flexibility index (Phi) is 7.12. The lowest BCUT2D eigenvalue weighted by molar-refractivity contribution is -0.131. The molecule has 3 heterocycles. The van der Waals surface area contributed by atoms with Gasteiger partial charge in [-0.05, 0) is 54.5 Å². The first-order chi connectivity index (χ1) is 15.2. The van der Waals surface area contributed by atoms with E-state index in [2.05, 4.69) is 40.7 Å². The van der Waals surface area contributed by atoms with Gasteiger partial charge < -0.3 is 19.9 Å². The molecule has 1 fully saturated rings. The van der Waals surface area contributed by atoms with Crippen molar-refractivity contribution >= 4 is 23.2 Å². The number of hydrogen-bond donors (Lipinski definition) is 1. The molecule has 0 saturated carbocycles. The quantitative estimate of drug-likeness (QED) is 0.552. The van der Waals surface area contributed by atoms with Crippen LogP contribution in [0.15, 0.2) is 40.7 Å². The van der Waals surface area contributed by atoms with Gasteiger partial charge in [0.15, 0.2) is 5.96 Å². The summed E-state index contributed by atoms with van der Waals surface area (Å²) in [5.41, 5.74) is 2.65. The van der Waals surface area contributed by atoms with Crippen LogP contribution in [0.2, 0.25) is 0 Å². The fourth-order valence-corrected chi connectivity index (χ4v) is 5.29. The van der Waals surface area contributed by atoms with Gasteiger partial charge in [0.2, 0.25) is 5.91 Å². The van der Waals surface area contributed by atoms with Crippen molar-refractivity contribution in [2.24, 2.45) is 4.99 Å². The lowest BCUT2D eigenvalue weighted by Crippen LogP contribution is -2.40. The maximum absolute atomic E-state index is 12.7. The van der Waals surface area contributed by atoms with Gasteiger partial charge in [-0.2, -0.15) is 0 Å². The molecule has 1 amide bonds. The second kappa shape index (κ2) is 10.2. The van der Waals surface area contributed by atoms with Crippen LogP contribution >= 0.6 is 11.3 Å². The van der Waals surface area contributed by atoms with Crippen LogP contribution in [0.4, 0.5) is 0 Å². The number of nitrogens with zero attached hydrogens (tertiary/aromatic N) is 3. The molecular weight excluding hydrogens is 408 g/mol. The smallest absolute Gasteiger partial charge is 0.224 e. The Morgan fingerprint density at radius 3 is 2.84 bits per heavy atom. The van der Waals surface area contributed by atoms with Gasteiger partial charge in [-0.3, -0.25) is 9.79 Å². The fraction of sp³-hybridized carbons (Fsp3) is 0.500. The zero-order valence-corrected chi connectivity index (χ0v) is 19.3. The number of benzene rings is 1. The zero-order valence-electron chi connectivity index (χ0n) is 18.5. The summed E-state index contributed by atoms with van der Waals surface area (Å²) in [5, 5.41) is 5.54. The average molecular weight is 441 g/mol. The number of ether oxygens (including phenoxy) is 1. The van der Waals surface area contributed by atoms with E-state index in [9.17, 15) is 4.79 Å². The minimum absolute atomic E-state index is 0.203. The van der Waals surface area contributed by atoms with E-state index >= 15 is 0 Å². The van der Waals surface area contributed by atoms with Crippen molar-refractivity contribution in [1.29, 1.82) is 0 Å². The summed E-state index contributed by atoms with van der Waals surface area (Å²) >= 11 is 1.80. The predicted octanol–water partition coefficient (Wildman–Crippen LogP) is 3.49. The first-order valence-electron chi connectivity index (χ1n) is 11.2. The number of nitrogens with one attached hydrogen (secondary N) is 1. The third-order valence-corrected chi connectivity index (χ3v) is 7.18. The maximum Gasteiger partial charge on any atom is 0.224 e. The molecule has 2 aliphatic heterocycles. The van der Waals surface area contributed by atoms with E-state index < -0.39 is 0 Å². The van der Waals surface area contributed by atoms with E-state index in [0.29, 0.717) is 18.9 Å². The second-order valence-corrected chi connectivity index (χ2v) is 9.13. The van der Waals surface area contributed by atoms with Gasteiger partial charge in [-0.25, -0.2) is 0 Å². The molecule has 0 aliphatic carbocycles. The number of aliphatic imine (C=N–C) groups is 1. The SMILES string of the molecule is CCNC(=NCCC(=O)N1CCc2sccc2C1)N1CCC(c2ccc(OC)cc2)C1. The molecule has 2 aromatic rings. The maximum atomic E-state index is 12.7. The number of thiophene rings is 1. The van der Waals surface area contributed by atoms with Crippen LogP contribution in [-0.2, 0) is 17.8 Å². The number of carbonyl (C=O) groups excluding carboxylic acids is 1. The van der Waals surface area contributed by atoms with Gasteiger partial charge >= 0.3 is 0 Å². The van der Waals surface area contributed by atoms with Crippen LogP contribution < -0.4 is 10.1 Å². The number of fused-ring (bicyclic) bond motifs is 1.